The molecule has 0 atom stereocenters. The van der Waals surface area contributed by atoms with Gasteiger partial charge >= 0.3 is 118 Å². The molecule has 0 fully saturated rings. The second-order valence-electron chi connectivity index (χ2n) is 6.20. The molecular weight excluding hydrogens is 834 g/mol. The fourth-order valence-corrected chi connectivity index (χ4v) is 10.2. The van der Waals surface area contributed by atoms with Crippen molar-refractivity contribution in [2.75, 3.05) is 0 Å². The maximum absolute atomic E-state index is 11.8. The van der Waals surface area contributed by atoms with Crippen LogP contribution in [0.25, 0.3) is 11.1 Å². The SMILES string of the molecule is Cc1c(-c2cc(S(=O)(=O)[O-])c(I)c(S(=O)(=O)[O-])c2C)cc(S(=O)(=O)[O-])c(I)c1S(=O)(=O)[O-].[Na+].[Na+].[Na+].[Na+]. The molecule has 22 heteroatoms. The van der Waals surface area contributed by atoms with Crippen LogP contribution in [0.5, 0.6) is 0 Å². The summed E-state index contributed by atoms with van der Waals surface area (Å²) in [5, 5.41) is 0. The van der Waals surface area contributed by atoms with Crippen molar-refractivity contribution >= 4 is 85.7 Å². The predicted molar refractivity (Wildman–Crippen MR) is 119 cm³/mol. The van der Waals surface area contributed by atoms with E-state index in [4.69, 9.17) is 0 Å². The molecule has 0 aliphatic rings. The third-order valence-electron chi connectivity index (χ3n) is 4.20. The zero-order valence-electron chi connectivity index (χ0n) is 19.4. The summed E-state index contributed by atoms with van der Waals surface area (Å²) in [4.78, 5) is -4.57. The van der Waals surface area contributed by atoms with Gasteiger partial charge in [-0.05, 0) is 93.4 Å². The van der Waals surface area contributed by atoms with Crippen molar-refractivity contribution in [1.29, 1.82) is 0 Å². The minimum atomic E-state index is -5.40. The van der Waals surface area contributed by atoms with Crippen LogP contribution in [0, 0.1) is 21.0 Å². The molecule has 0 amide bonds. The summed E-state index contributed by atoms with van der Waals surface area (Å²) >= 11 is 2.31. The van der Waals surface area contributed by atoms with Crippen molar-refractivity contribution in [3.63, 3.8) is 0 Å². The van der Waals surface area contributed by atoms with Crippen molar-refractivity contribution in [3.8, 4) is 11.1 Å². The van der Waals surface area contributed by atoms with E-state index in [-0.39, 0.29) is 118 Å². The normalized spacial score (nSPS) is 11.9. The average molecular weight is 842 g/mol. The molecule has 0 heterocycles. The van der Waals surface area contributed by atoms with E-state index >= 15 is 0 Å². The van der Waals surface area contributed by atoms with E-state index in [0.717, 1.165) is 59.0 Å². The van der Waals surface area contributed by atoms with Gasteiger partial charge in [0.1, 0.15) is 40.5 Å². The zero-order chi connectivity index (χ0) is 25.2. The summed E-state index contributed by atoms with van der Waals surface area (Å²) in [6.07, 6.45) is 0. The molecule has 2 aromatic rings. The van der Waals surface area contributed by atoms with Crippen molar-refractivity contribution < 1.29 is 170 Å². The Hall–Kier alpha value is 3.54. The van der Waals surface area contributed by atoms with Gasteiger partial charge in [0.15, 0.2) is 0 Å². The summed E-state index contributed by atoms with van der Waals surface area (Å²) < 4.78 is 139. The first kappa shape index (κ1) is 44.0. The van der Waals surface area contributed by atoms with Gasteiger partial charge in [0.2, 0.25) is 0 Å². The molecule has 178 valence electrons. The monoisotopic (exact) mass is 842 g/mol. The summed E-state index contributed by atoms with van der Waals surface area (Å²) in [6, 6.07) is 1.21. The quantitative estimate of drug-likeness (QED) is 0.155. The smallest absolute Gasteiger partial charge is 0.744 e. The van der Waals surface area contributed by atoms with E-state index in [1.54, 1.807) is 0 Å². The Morgan fingerprint density at radius 1 is 0.528 bits per heavy atom. The van der Waals surface area contributed by atoms with Gasteiger partial charge in [0.05, 0.1) is 19.6 Å². The van der Waals surface area contributed by atoms with Gasteiger partial charge in [0.25, 0.3) is 0 Å². The van der Waals surface area contributed by atoms with Gasteiger partial charge in [-0.2, -0.15) is 0 Å². The van der Waals surface area contributed by atoms with Crippen molar-refractivity contribution in [2.45, 2.75) is 33.4 Å². The van der Waals surface area contributed by atoms with Gasteiger partial charge in [-0.15, -0.1) is 0 Å². The Labute approximate surface area is 324 Å². The number of benzene rings is 2. The van der Waals surface area contributed by atoms with E-state index in [9.17, 15) is 51.9 Å². The van der Waals surface area contributed by atoms with Crippen LogP contribution in [0.1, 0.15) is 11.1 Å². The van der Waals surface area contributed by atoms with Crippen LogP contribution in [-0.2, 0) is 40.5 Å². The van der Waals surface area contributed by atoms with Crippen LogP contribution in [0.3, 0.4) is 0 Å². The van der Waals surface area contributed by atoms with E-state index in [1.807, 2.05) is 0 Å². The Balaban J connectivity index is -0.00000272. The second kappa shape index (κ2) is 15.3. The molecule has 0 radical (unpaired) electrons. The molecule has 2 rings (SSSR count). The molecule has 0 bridgehead atoms. The van der Waals surface area contributed by atoms with E-state index < -0.39 is 89.4 Å². The van der Waals surface area contributed by atoms with E-state index in [2.05, 4.69) is 0 Å². The Bertz CT molecular complexity index is 1490. The van der Waals surface area contributed by atoms with Crippen LogP contribution in [0.15, 0.2) is 31.7 Å². The Morgan fingerprint density at radius 3 is 0.917 bits per heavy atom. The first-order valence-electron chi connectivity index (χ1n) is 7.60. The fourth-order valence-electron chi connectivity index (χ4n) is 2.92. The Morgan fingerprint density at radius 2 is 0.750 bits per heavy atom. The molecule has 0 aliphatic heterocycles. The molecule has 2 aromatic carbocycles. The number of hydrogen-bond donors (Lipinski definition) is 0. The van der Waals surface area contributed by atoms with E-state index in [1.165, 1.54) is 0 Å². The largest absolute Gasteiger partial charge is 1.00 e. The van der Waals surface area contributed by atoms with Crippen molar-refractivity contribution in [3.05, 3.63) is 30.4 Å². The average Bonchev–Trinajstić information content (AvgIpc) is 2.51. The van der Waals surface area contributed by atoms with Gasteiger partial charge in [0, 0.05) is 7.14 Å². The summed E-state index contributed by atoms with van der Waals surface area (Å²) in [5.74, 6) is 0. The minimum absolute atomic E-state index is 0. The van der Waals surface area contributed by atoms with Crippen molar-refractivity contribution in [2.24, 2.45) is 0 Å². The molecule has 0 spiro atoms. The zero-order valence-corrected chi connectivity index (χ0v) is 35.0. The molecular formula is C14H8I2Na4O12S4. The molecule has 0 saturated heterocycles. The van der Waals surface area contributed by atoms with E-state index in [0.29, 0.717) is 12.1 Å². The Kier molecular flexibility index (Phi) is 18.7. The predicted octanol–water partition coefficient (Wildman–Crippen LogP) is -11.2. The summed E-state index contributed by atoms with van der Waals surface area (Å²) in [6.45, 7) is 2.02. The first-order valence-corrected chi connectivity index (χ1v) is 15.4. The topological polar surface area (TPSA) is 229 Å². The second-order valence-corrected chi connectivity index (χ2v) is 13.7. The standard InChI is InChI=1S/C14H12I2O12S4.4Na/c1-5-7(3-9(29(17,18)19)11(15)13(5)31(23,24)25)8-4-10(30(20,21)22)12(16)14(6(8)2)32(26,27)28;;;;/h3-4H,1-2H3,(H,17,18,19)(H,20,21,22)(H,23,24,25)(H,26,27,28);;;;/q;4*+1/p-4. The van der Waals surface area contributed by atoms with Crippen LogP contribution in [0.2, 0.25) is 0 Å². The third kappa shape index (κ3) is 9.79. The van der Waals surface area contributed by atoms with Crippen LogP contribution < -0.4 is 118 Å². The van der Waals surface area contributed by atoms with Crippen LogP contribution in [-0.4, -0.2) is 51.9 Å². The molecule has 0 aromatic heterocycles. The molecule has 12 nitrogen and oxygen atoms in total. The van der Waals surface area contributed by atoms with Crippen molar-refractivity contribution in [1.82, 2.24) is 0 Å². The summed E-state index contributed by atoms with van der Waals surface area (Å²) in [7, 11) is -21.6. The third-order valence-corrected chi connectivity index (χ3v) is 11.6. The molecule has 0 unspecified atom stereocenters. The summed E-state index contributed by atoms with van der Waals surface area (Å²) in [5.41, 5.74) is -2.05. The number of rotatable bonds is 5. The molecule has 0 aliphatic carbocycles. The van der Waals surface area contributed by atoms with Gasteiger partial charge < -0.3 is 18.2 Å². The van der Waals surface area contributed by atoms with Gasteiger partial charge in [-0.25, -0.2) is 33.7 Å². The fraction of sp³-hybridized carbons (Fsp3) is 0.143. The van der Waals surface area contributed by atoms with Crippen LogP contribution >= 0.6 is 45.2 Å². The minimum Gasteiger partial charge on any atom is -0.744 e. The van der Waals surface area contributed by atoms with Gasteiger partial charge in [-0.1, -0.05) is 0 Å². The first-order chi connectivity index (χ1) is 14.1. The van der Waals surface area contributed by atoms with Gasteiger partial charge in [-0.3, -0.25) is 0 Å². The molecule has 0 N–H and O–H groups in total. The number of hydrogen-bond acceptors (Lipinski definition) is 12. The maximum Gasteiger partial charge on any atom is 1.00 e. The van der Waals surface area contributed by atoms with Crippen LogP contribution in [0.4, 0.5) is 0 Å². The number of halogens is 2. The molecule has 0 saturated carbocycles. The maximum atomic E-state index is 11.8. The molecule has 36 heavy (non-hydrogen) atoms.